The van der Waals surface area contributed by atoms with E-state index in [0.29, 0.717) is 4.68 Å². The van der Waals surface area contributed by atoms with Gasteiger partial charge in [-0.3, -0.25) is 9.59 Å². The Morgan fingerprint density at radius 3 is 2.57 bits per heavy atom. The highest BCUT2D eigenvalue weighted by Gasteiger charge is 2.42. The quantitative estimate of drug-likeness (QED) is 0.857. The first-order valence-corrected chi connectivity index (χ1v) is 8.51. The molecule has 1 aromatic heterocycles. The first-order valence-electron chi connectivity index (χ1n) is 8.51. The van der Waals surface area contributed by atoms with Crippen LogP contribution >= 0.6 is 0 Å². The third-order valence-electron chi connectivity index (χ3n) is 4.37. The van der Waals surface area contributed by atoms with Gasteiger partial charge in [-0.25, -0.2) is 4.68 Å². The summed E-state index contributed by atoms with van der Waals surface area (Å²) in [6, 6.07) is 6.28. The Labute approximate surface area is 158 Å². The fourth-order valence-electron chi connectivity index (χ4n) is 3.05. The van der Waals surface area contributed by atoms with Crippen molar-refractivity contribution in [1.82, 2.24) is 14.7 Å². The molecule has 150 valence electrons. The number of hydrogen-bond acceptors (Lipinski definition) is 4. The summed E-state index contributed by atoms with van der Waals surface area (Å²) in [5, 5.41) is 12.7. The molecule has 0 bridgehead atoms. The van der Waals surface area contributed by atoms with Gasteiger partial charge < -0.3 is 14.7 Å². The first kappa shape index (κ1) is 19.9. The largest absolute Gasteiger partial charge is 0.481 e. The van der Waals surface area contributed by atoms with Crippen LogP contribution in [0.15, 0.2) is 30.5 Å². The average molecular weight is 397 g/mol. The molecule has 0 aliphatic carbocycles. The number of ether oxygens (including phenoxy) is 1. The third-order valence-corrected chi connectivity index (χ3v) is 4.37. The molecule has 1 fully saturated rings. The summed E-state index contributed by atoms with van der Waals surface area (Å²) in [4.78, 5) is 24.8. The lowest BCUT2D eigenvalue weighted by Crippen LogP contribution is -2.46. The van der Waals surface area contributed by atoms with Crippen LogP contribution in [0.4, 0.5) is 13.2 Å². The van der Waals surface area contributed by atoms with Gasteiger partial charge in [0.05, 0.1) is 36.6 Å². The number of amides is 1. The highest BCUT2D eigenvalue weighted by molar-refractivity contribution is 5.95. The number of nitrogens with zero attached hydrogens (tertiary/aromatic N) is 3. The fraction of sp³-hybridized carbons (Fsp3) is 0.389. The molecule has 7 nitrogen and oxygen atoms in total. The number of hydrogen-bond donors (Lipinski definition) is 1. The van der Waals surface area contributed by atoms with E-state index in [0.717, 1.165) is 11.8 Å². The van der Waals surface area contributed by atoms with Gasteiger partial charge in [0.25, 0.3) is 5.91 Å². The number of carboxylic acids is 1. The lowest BCUT2D eigenvalue weighted by molar-refractivity contribution is -0.143. The molecular formula is C18H18F3N3O4. The van der Waals surface area contributed by atoms with Crippen LogP contribution in [0.5, 0.6) is 0 Å². The Morgan fingerprint density at radius 1 is 1.29 bits per heavy atom. The minimum Gasteiger partial charge on any atom is -0.481 e. The van der Waals surface area contributed by atoms with Crippen LogP contribution in [0.1, 0.15) is 28.0 Å². The number of morpholine rings is 1. The van der Waals surface area contributed by atoms with Crippen molar-refractivity contribution in [3.8, 4) is 5.69 Å². The molecule has 1 amide bonds. The number of halogens is 3. The van der Waals surface area contributed by atoms with Crippen molar-refractivity contribution in [2.45, 2.75) is 25.6 Å². The van der Waals surface area contributed by atoms with Crippen LogP contribution in [-0.4, -0.2) is 57.5 Å². The zero-order valence-corrected chi connectivity index (χ0v) is 14.9. The Morgan fingerprint density at radius 2 is 1.96 bits per heavy atom. The van der Waals surface area contributed by atoms with E-state index in [1.54, 1.807) is 19.1 Å². The van der Waals surface area contributed by atoms with Crippen molar-refractivity contribution in [2.24, 2.45) is 0 Å². The molecule has 1 N–H and O–H groups in total. The molecule has 0 saturated carbocycles. The zero-order chi connectivity index (χ0) is 20.5. The minimum atomic E-state index is -4.81. The molecule has 3 rings (SSSR count). The molecule has 1 atom stereocenters. The average Bonchev–Trinajstić information content (AvgIpc) is 3.07. The van der Waals surface area contributed by atoms with Gasteiger partial charge in [0.2, 0.25) is 0 Å². The number of carbonyl (C=O) groups excluding carboxylic acids is 1. The summed E-state index contributed by atoms with van der Waals surface area (Å²) in [5.41, 5.74) is -0.687. The SMILES string of the molecule is Cc1ccc(-n2ncc(C(=O)N3CCO[C@H](CC(=O)O)C3)c2C(F)(F)F)cc1. The highest BCUT2D eigenvalue weighted by Crippen LogP contribution is 2.34. The smallest absolute Gasteiger partial charge is 0.434 e. The molecule has 2 heterocycles. The molecule has 1 saturated heterocycles. The van der Waals surface area contributed by atoms with Gasteiger partial charge in [-0.2, -0.15) is 18.3 Å². The van der Waals surface area contributed by atoms with Crippen LogP contribution in [0.3, 0.4) is 0 Å². The van der Waals surface area contributed by atoms with E-state index in [9.17, 15) is 22.8 Å². The summed E-state index contributed by atoms with van der Waals surface area (Å²) < 4.78 is 47.2. The molecule has 0 radical (unpaired) electrons. The van der Waals surface area contributed by atoms with E-state index >= 15 is 0 Å². The van der Waals surface area contributed by atoms with Crippen molar-refractivity contribution in [2.75, 3.05) is 19.7 Å². The molecule has 1 aliphatic rings. The number of aromatic nitrogens is 2. The third kappa shape index (κ3) is 4.16. The van der Waals surface area contributed by atoms with Crippen molar-refractivity contribution in [1.29, 1.82) is 0 Å². The number of aliphatic carboxylic acids is 1. The van der Waals surface area contributed by atoms with Gasteiger partial charge in [0.15, 0.2) is 5.69 Å². The normalized spacial score (nSPS) is 17.6. The topological polar surface area (TPSA) is 84.7 Å². The van der Waals surface area contributed by atoms with E-state index in [2.05, 4.69) is 5.10 Å². The molecule has 10 heteroatoms. The van der Waals surface area contributed by atoms with Crippen LogP contribution < -0.4 is 0 Å². The van der Waals surface area contributed by atoms with Gasteiger partial charge in [-0.15, -0.1) is 0 Å². The van der Waals surface area contributed by atoms with E-state index in [-0.39, 0.29) is 31.8 Å². The molecule has 1 aliphatic heterocycles. The molecule has 28 heavy (non-hydrogen) atoms. The lowest BCUT2D eigenvalue weighted by atomic mass is 10.1. The van der Waals surface area contributed by atoms with E-state index < -0.39 is 35.4 Å². The second kappa shape index (κ2) is 7.63. The van der Waals surface area contributed by atoms with Crippen molar-refractivity contribution < 1.29 is 32.6 Å². The van der Waals surface area contributed by atoms with Gasteiger partial charge in [-0.05, 0) is 19.1 Å². The molecular weight excluding hydrogens is 379 g/mol. The maximum Gasteiger partial charge on any atom is 0.434 e. The summed E-state index contributed by atoms with van der Waals surface area (Å²) in [6.07, 6.45) is -5.01. The van der Waals surface area contributed by atoms with E-state index in [1.165, 1.54) is 17.0 Å². The van der Waals surface area contributed by atoms with Gasteiger partial charge >= 0.3 is 12.1 Å². The van der Waals surface area contributed by atoms with Crippen molar-refractivity contribution >= 4 is 11.9 Å². The predicted molar refractivity (Wildman–Crippen MR) is 91.2 cm³/mol. The number of alkyl halides is 3. The summed E-state index contributed by atoms with van der Waals surface area (Å²) >= 11 is 0. The second-order valence-corrected chi connectivity index (χ2v) is 6.49. The maximum absolute atomic E-state index is 13.7. The van der Waals surface area contributed by atoms with Gasteiger partial charge in [0.1, 0.15) is 0 Å². The van der Waals surface area contributed by atoms with Crippen LogP contribution in [0.25, 0.3) is 5.69 Å². The molecule has 1 aromatic carbocycles. The Bertz CT molecular complexity index is 877. The molecule has 0 unspecified atom stereocenters. The maximum atomic E-state index is 13.7. The van der Waals surface area contributed by atoms with Gasteiger partial charge in [-0.1, -0.05) is 17.7 Å². The molecule has 2 aromatic rings. The second-order valence-electron chi connectivity index (χ2n) is 6.49. The summed E-state index contributed by atoms with van der Waals surface area (Å²) in [5.74, 6) is -1.97. The number of aryl methyl sites for hydroxylation is 1. The van der Waals surface area contributed by atoms with Crippen LogP contribution in [0, 0.1) is 6.92 Å². The van der Waals surface area contributed by atoms with Crippen LogP contribution in [0.2, 0.25) is 0 Å². The fourth-order valence-corrected chi connectivity index (χ4v) is 3.05. The predicted octanol–water partition coefficient (Wildman–Crippen LogP) is 2.52. The van der Waals surface area contributed by atoms with Crippen molar-refractivity contribution in [3.05, 3.63) is 47.3 Å². The molecule has 0 spiro atoms. The van der Waals surface area contributed by atoms with Gasteiger partial charge in [0, 0.05) is 13.1 Å². The Balaban J connectivity index is 1.94. The number of rotatable bonds is 4. The summed E-state index contributed by atoms with van der Waals surface area (Å²) in [7, 11) is 0. The lowest BCUT2D eigenvalue weighted by Gasteiger charge is -2.32. The monoisotopic (exact) mass is 397 g/mol. The minimum absolute atomic E-state index is 0.0527. The Hall–Kier alpha value is -2.88. The standard InChI is InChI=1S/C18H18F3N3O4/c1-11-2-4-12(5-3-11)24-16(18(19,20)21)14(9-22-24)17(27)23-6-7-28-13(10-23)8-15(25)26/h2-5,9,13H,6-8,10H2,1H3,(H,25,26)/t13-/m1/s1. The zero-order valence-electron chi connectivity index (χ0n) is 14.9. The van der Waals surface area contributed by atoms with Crippen LogP contribution in [-0.2, 0) is 15.7 Å². The number of carbonyl (C=O) groups is 2. The Kier molecular flexibility index (Phi) is 5.41. The van der Waals surface area contributed by atoms with E-state index in [4.69, 9.17) is 9.84 Å². The highest BCUT2D eigenvalue weighted by atomic mass is 19.4. The number of benzene rings is 1. The van der Waals surface area contributed by atoms with E-state index in [1.807, 2.05) is 0 Å². The van der Waals surface area contributed by atoms with Crippen molar-refractivity contribution in [3.63, 3.8) is 0 Å². The summed E-state index contributed by atoms with van der Waals surface area (Å²) in [6.45, 7) is 1.83. The first-order chi connectivity index (χ1) is 13.2. The number of carboxylic acid groups (broad SMARTS) is 1.